The van der Waals surface area contributed by atoms with Crippen LogP contribution in [0.5, 0.6) is 0 Å². The molecule has 3 heterocycles. The number of fused-ring (bicyclic) bond motifs is 1. The molecule has 3 aromatic heterocycles. The van der Waals surface area contributed by atoms with Gasteiger partial charge in [-0.1, -0.05) is 32.0 Å². The van der Waals surface area contributed by atoms with Gasteiger partial charge in [-0.25, -0.2) is 14.6 Å². The number of imidazole rings is 1. The molecule has 0 aliphatic carbocycles. The molecule has 0 aliphatic rings. The lowest BCUT2D eigenvalue weighted by molar-refractivity contribution is 0.394. The molecular weight excluding hydrogens is 525 g/mol. The van der Waals surface area contributed by atoms with Crippen molar-refractivity contribution in [2.45, 2.75) is 58.3 Å². The number of thioether (sulfide) groups is 1. The summed E-state index contributed by atoms with van der Waals surface area (Å²) in [5.41, 5.74) is 6.49. The van der Waals surface area contributed by atoms with Crippen LogP contribution in [0.15, 0.2) is 68.5 Å². The Morgan fingerprint density at radius 2 is 1.92 bits per heavy atom. The molecular formula is C31H34N4O2S2. The second kappa shape index (κ2) is 12.2. The van der Waals surface area contributed by atoms with Crippen LogP contribution in [0, 0.1) is 6.92 Å². The number of hydrogen-bond donors (Lipinski definition) is 0. The Kier molecular flexibility index (Phi) is 8.53. The topological polar surface area (TPSA) is 65.4 Å². The zero-order chi connectivity index (χ0) is 27.4. The van der Waals surface area contributed by atoms with Crippen LogP contribution in [-0.4, -0.2) is 33.4 Å². The molecule has 0 amide bonds. The molecule has 8 heteroatoms. The van der Waals surface area contributed by atoms with Gasteiger partial charge in [0.1, 0.15) is 22.1 Å². The summed E-state index contributed by atoms with van der Waals surface area (Å²) < 4.78 is 13.2. The van der Waals surface area contributed by atoms with E-state index < -0.39 is 0 Å². The van der Waals surface area contributed by atoms with Gasteiger partial charge < -0.3 is 9.15 Å². The van der Waals surface area contributed by atoms with Crippen molar-refractivity contribution in [3.63, 3.8) is 0 Å². The third-order valence-corrected chi connectivity index (χ3v) is 8.78. The van der Waals surface area contributed by atoms with Crippen LogP contribution in [0.3, 0.4) is 0 Å². The Balaban J connectivity index is 1.36. The molecule has 39 heavy (non-hydrogen) atoms. The molecule has 6 nitrogen and oxygen atoms in total. The number of benzene rings is 2. The van der Waals surface area contributed by atoms with Crippen molar-refractivity contribution in [3.8, 4) is 22.0 Å². The number of hydrogen-bond acceptors (Lipinski definition) is 7. The minimum atomic E-state index is 0.565. The number of thiazole rings is 1. The standard InChI is InChI=1S/C31H34N4O2S2/c1-6-14-38-26-12-9-23(10-13-26)31-33-25(19-39-31)11-8-24-15-22(7-2)16-29-27(24)17-30(37-29)28-18-35(20(3)32-28)34-21(4)36-5/h9-10,12-13,15-19H,6-8,11,14H2,1-5H3/b34-21+. The van der Waals surface area contributed by atoms with E-state index in [-0.39, 0.29) is 0 Å². The third kappa shape index (κ3) is 6.28. The summed E-state index contributed by atoms with van der Waals surface area (Å²) in [5.74, 6) is 3.22. The van der Waals surface area contributed by atoms with Gasteiger partial charge in [0.15, 0.2) is 5.76 Å². The molecule has 202 valence electrons. The van der Waals surface area contributed by atoms with Crippen molar-refractivity contribution in [1.29, 1.82) is 0 Å². The number of ether oxygens (including phenoxy) is 1. The number of aryl methyl sites for hydroxylation is 4. The SMILES string of the molecule is CCCSc1ccc(-c2nc(CCc3cc(CC)cc4oc(-c5cn(/N=C(\C)OC)c(C)n5)cc34)cs2)cc1. The van der Waals surface area contributed by atoms with Crippen LogP contribution in [0.1, 0.15) is 49.8 Å². The van der Waals surface area contributed by atoms with E-state index >= 15 is 0 Å². The summed E-state index contributed by atoms with van der Waals surface area (Å²) in [5, 5.41) is 8.82. The van der Waals surface area contributed by atoms with Gasteiger partial charge in [-0.15, -0.1) is 28.2 Å². The zero-order valence-corrected chi connectivity index (χ0v) is 24.8. The van der Waals surface area contributed by atoms with E-state index in [1.165, 1.54) is 28.0 Å². The first-order chi connectivity index (χ1) is 19.0. The van der Waals surface area contributed by atoms with Crippen LogP contribution in [0.25, 0.3) is 33.0 Å². The highest BCUT2D eigenvalue weighted by Crippen LogP contribution is 2.32. The fraction of sp³-hybridized carbons (Fsp3) is 0.323. The van der Waals surface area contributed by atoms with E-state index in [1.807, 2.05) is 31.8 Å². The van der Waals surface area contributed by atoms with Gasteiger partial charge >= 0.3 is 0 Å². The Labute approximate surface area is 238 Å². The highest BCUT2D eigenvalue weighted by molar-refractivity contribution is 7.99. The first-order valence-corrected chi connectivity index (χ1v) is 15.2. The van der Waals surface area contributed by atoms with Crippen molar-refractivity contribution in [3.05, 3.63) is 76.7 Å². The van der Waals surface area contributed by atoms with Crippen molar-refractivity contribution in [2.75, 3.05) is 12.9 Å². The van der Waals surface area contributed by atoms with Crippen molar-refractivity contribution in [2.24, 2.45) is 5.10 Å². The lowest BCUT2D eigenvalue weighted by Gasteiger charge is -2.05. The van der Waals surface area contributed by atoms with Crippen molar-refractivity contribution >= 4 is 40.0 Å². The third-order valence-electron chi connectivity index (χ3n) is 6.62. The number of rotatable bonds is 10. The maximum Gasteiger partial charge on any atom is 0.203 e. The van der Waals surface area contributed by atoms with Crippen LogP contribution in [-0.2, 0) is 24.0 Å². The molecule has 0 spiro atoms. The quantitative estimate of drug-likeness (QED) is 0.0978. The maximum atomic E-state index is 6.31. The predicted octanol–water partition coefficient (Wildman–Crippen LogP) is 8.41. The summed E-state index contributed by atoms with van der Waals surface area (Å²) in [6.07, 6.45) is 5.78. The van der Waals surface area contributed by atoms with Gasteiger partial charge in [0.2, 0.25) is 5.90 Å². The smallest absolute Gasteiger partial charge is 0.203 e. The van der Waals surface area contributed by atoms with Crippen LogP contribution in [0.4, 0.5) is 0 Å². The Morgan fingerprint density at radius 3 is 2.67 bits per heavy atom. The second-order valence-corrected chi connectivity index (χ2v) is 11.5. The summed E-state index contributed by atoms with van der Waals surface area (Å²) in [7, 11) is 1.61. The average molecular weight is 559 g/mol. The Morgan fingerprint density at radius 1 is 1.10 bits per heavy atom. The van der Waals surface area contributed by atoms with Gasteiger partial charge in [0.05, 0.1) is 19.0 Å². The van der Waals surface area contributed by atoms with E-state index in [0.29, 0.717) is 5.90 Å². The summed E-state index contributed by atoms with van der Waals surface area (Å²) in [6, 6.07) is 15.3. The molecule has 0 saturated heterocycles. The molecule has 0 radical (unpaired) electrons. The first-order valence-electron chi connectivity index (χ1n) is 13.4. The number of nitrogens with zero attached hydrogens (tertiary/aromatic N) is 4. The molecule has 0 fully saturated rings. The molecule has 5 aromatic rings. The second-order valence-electron chi connectivity index (χ2n) is 9.49. The monoisotopic (exact) mass is 558 g/mol. The van der Waals surface area contributed by atoms with Crippen molar-refractivity contribution < 1.29 is 9.15 Å². The average Bonchev–Trinajstić information content (AvgIpc) is 3.69. The summed E-state index contributed by atoms with van der Waals surface area (Å²) in [4.78, 5) is 11.0. The van der Waals surface area contributed by atoms with E-state index in [1.54, 1.807) is 23.1 Å². The lowest BCUT2D eigenvalue weighted by atomic mass is 10.00. The number of furan rings is 1. The number of aromatic nitrogens is 3. The molecule has 2 aromatic carbocycles. The van der Waals surface area contributed by atoms with E-state index in [2.05, 4.69) is 71.8 Å². The molecule has 0 unspecified atom stereocenters. The fourth-order valence-corrected chi connectivity index (χ4v) is 6.05. The van der Waals surface area contributed by atoms with Crippen molar-refractivity contribution in [1.82, 2.24) is 14.6 Å². The summed E-state index contributed by atoms with van der Waals surface area (Å²) >= 11 is 3.62. The molecule has 0 bridgehead atoms. The van der Waals surface area contributed by atoms with Gasteiger partial charge in [-0.3, -0.25) is 0 Å². The highest BCUT2D eigenvalue weighted by atomic mass is 32.2. The van der Waals surface area contributed by atoms with Crippen LogP contribution in [0.2, 0.25) is 0 Å². The Hall–Kier alpha value is -3.36. The maximum absolute atomic E-state index is 6.31. The van der Waals surface area contributed by atoms with Crippen LogP contribution >= 0.6 is 23.1 Å². The zero-order valence-electron chi connectivity index (χ0n) is 23.2. The van der Waals surface area contributed by atoms with Gasteiger partial charge in [-0.05, 0) is 73.8 Å². The number of methoxy groups -OCH3 is 1. The first kappa shape index (κ1) is 27.2. The van der Waals surface area contributed by atoms with E-state index in [9.17, 15) is 0 Å². The van der Waals surface area contributed by atoms with E-state index in [0.717, 1.165) is 64.0 Å². The largest absolute Gasteiger partial charge is 0.483 e. The fourth-order valence-electron chi connectivity index (χ4n) is 4.42. The van der Waals surface area contributed by atoms with Gasteiger partial charge in [0.25, 0.3) is 0 Å². The molecule has 0 saturated carbocycles. The van der Waals surface area contributed by atoms with Gasteiger partial charge in [-0.2, -0.15) is 0 Å². The normalized spacial score (nSPS) is 12.0. The Bertz CT molecular complexity index is 1590. The predicted molar refractivity (Wildman–Crippen MR) is 163 cm³/mol. The lowest BCUT2D eigenvalue weighted by Crippen LogP contribution is -1.99. The minimum absolute atomic E-state index is 0.565. The highest BCUT2D eigenvalue weighted by Gasteiger charge is 2.16. The van der Waals surface area contributed by atoms with Crippen LogP contribution < -0.4 is 0 Å². The summed E-state index contributed by atoms with van der Waals surface area (Å²) in [6.45, 7) is 8.12. The minimum Gasteiger partial charge on any atom is -0.483 e. The van der Waals surface area contributed by atoms with Gasteiger partial charge in [0, 0.05) is 28.1 Å². The molecule has 0 atom stereocenters. The van der Waals surface area contributed by atoms with E-state index in [4.69, 9.17) is 14.1 Å². The molecule has 0 N–H and O–H groups in total. The molecule has 5 rings (SSSR count). The molecule has 0 aliphatic heterocycles.